The Bertz CT molecular complexity index is 872. The standard InChI is InChI=1S/C20H20N2O4/c1-26-17-6-4-15(5-7-17)20(25)22-9-8-14-3-2-13(10-16(14)12-22)11-18(23)19(21)24/h2-7,10-11,23H,8-9,12H2,1H3,(H2,21,24)/b18-11-. The van der Waals surface area contributed by atoms with E-state index in [9.17, 15) is 14.7 Å². The lowest BCUT2D eigenvalue weighted by molar-refractivity contribution is -0.116. The summed E-state index contributed by atoms with van der Waals surface area (Å²) in [6.45, 7) is 1.11. The van der Waals surface area contributed by atoms with Crippen LogP contribution in [0.1, 0.15) is 27.0 Å². The van der Waals surface area contributed by atoms with Crippen molar-refractivity contribution >= 4 is 17.9 Å². The molecule has 0 spiro atoms. The Morgan fingerprint density at radius 1 is 1.15 bits per heavy atom. The van der Waals surface area contributed by atoms with Crippen molar-refractivity contribution in [1.29, 1.82) is 0 Å². The van der Waals surface area contributed by atoms with E-state index in [0.717, 1.165) is 17.5 Å². The molecule has 3 rings (SSSR count). The highest BCUT2D eigenvalue weighted by atomic mass is 16.5. The normalized spacial score (nSPS) is 13.9. The van der Waals surface area contributed by atoms with Gasteiger partial charge in [-0.1, -0.05) is 12.1 Å². The molecule has 0 bridgehead atoms. The Morgan fingerprint density at radius 2 is 1.88 bits per heavy atom. The summed E-state index contributed by atoms with van der Waals surface area (Å²) in [4.78, 5) is 25.5. The molecule has 3 N–H and O–H groups in total. The summed E-state index contributed by atoms with van der Waals surface area (Å²) < 4.78 is 5.12. The van der Waals surface area contributed by atoms with E-state index in [4.69, 9.17) is 10.5 Å². The highest BCUT2D eigenvalue weighted by molar-refractivity contribution is 5.95. The molecule has 0 aliphatic carbocycles. The number of nitrogens with zero attached hydrogens (tertiary/aromatic N) is 1. The summed E-state index contributed by atoms with van der Waals surface area (Å²) in [7, 11) is 1.58. The van der Waals surface area contributed by atoms with E-state index >= 15 is 0 Å². The lowest BCUT2D eigenvalue weighted by Crippen LogP contribution is -2.36. The zero-order valence-electron chi connectivity index (χ0n) is 14.4. The topological polar surface area (TPSA) is 92.9 Å². The number of aliphatic hydroxyl groups excluding tert-OH is 1. The molecule has 0 unspecified atom stereocenters. The fourth-order valence-corrected chi connectivity index (χ4v) is 2.99. The maximum absolute atomic E-state index is 12.7. The smallest absolute Gasteiger partial charge is 0.283 e. The van der Waals surface area contributed by atoms with E-state index in [1.807, 2.05) is 18.2 Å². The molecule has 0 saturated heterocycles. The Morgan fingerprint density at radius 3 is 2.54 bits per heavy atom. The fraction of sp³-hybridized carbons (Fsp3) is 0.200. The predicted octanol–water partition coefficient (Wildman–Crippen LogP) is 2.28. The Balaban J connectivity index is 1.80. The van der Waals surface area contributed by atoms with Gasteiger partial charge in [0.15, 0.2) is 5.76 Å². The molecule has 1 heterocycles. The first kappa shape index (κ1) is 17.5. The van der Waals surface area contributed by atoms with Crippen molar-refractivity contribution in [2.75, 3.05) is 13.7 Å². The van der Waals surface area contributed by atoms with Gasteiger partial charge in [0.25, 0.3) is 11.8 Å². The summed E-state index contributed by atoms with van der Waals surface area (Å²) in [6.07, 6.45) is 2.08. The number of aliphatic hydroxyl groups is 1. The minimum Gasteiger partial charge on any atom is -0.503 e. The molecule has 0 radical (unpaired) electrons. The van der Waals surface area contributed by atoms with Gasteiger partial charge in [-0.3, -0.25) is 9.59 Å². The van der Waals surface area contributed by atoms with Gasteiger partial charge in [-0.15, -0.1) is 0 Å². The number of amides is 2. The molecular weight excluding hydrogens is 332 g/mol. The van der Waals surface area contributed by atoms with E-state index in [1.165, 1.54) is 6.08 Å². The summed E-state index contributed by atoms with van der Waals surface area (Å²) in [6, 6.07) is 12.7. The fourth-order valence-electron chi connectivity index (χ4n) is 2.99. The SMILES string of the molecule is COc1ccc(C(=O)N2CCc3ccc(/C=C(\O)C(N)=O)cc3C2)cc1. The van der Waals surface area contributed by atoms with E-state index in [0.29, 0.717) is 30.0 Å². The minimum atomic E-state index is -0.876. The van der Waals surface area contributed by atoms with Crippen molar-refractivity contribution in [2.45, 2.75) is 13.0 Å². The van der Waals surface area contributed by atoms with Crippen molar-refractivity contribution in [1.82, 2.24) is 4.90 Å². The first-order valence-corrected chi connectivity index (χ1v) is 8.23. The average Bonchev–Trinajstić information content (AvgIpc) is 2.66. The second-order valence-electron chi connectivity index (χ2n) is 6.13. The molecule has 2 aromatic rings. The zero-order valence-corrected chi connectivity index (χ0v) is 14.4. The van der Waals surface area contributed by atoms with Crippen molar-refractivity contribution in [3.63, 3.8) is 0 Å². The summed E-state index contributed by atoms with van der Waals surface area (Å²) in [5.41, 5.74) is 8.47. The van der Waals surface area contributed by atoms with Crippen LogP contribution in [0, 0.1) is 0 Å². The molecule has 2 aromatic carbocycles. The lowest BCUT2D eigenvalue weighted by Gasteiger charge is -2.29. The number of hydrogen-bond donors (Lipinski definition) is 2. The summed E-state index contributed by atoms with van der Waals surface area (Å²) in [5, 5.41) is 9.53. The van der Waals surface area contributed by atoms with Crippen molar-refractivity contribution in [2.24, 2.45) is 5.73 Å². The number of methoxy groups -OCH3 is 1. The van der Waals surface area contributed by atoms with Gasteiger partial charge in [0.2, 0.25) is 0 Å². The van der Waals surface area contributed by atoms with Gasteiger partial charge in [-0.2, -0.15) is 0 Å². The number of carbonyl (C=O) groups is 2. The molecule has 1 aliphatic rings. The number of rotatable bonds is 4. The van der Waals surface area contributed by atoms with Crippen LogP contribution in [-0.2, 0) is 17.8 Å². The maximum Gasteiger partial charge on any atom is 0.283 e. The van der Waals surface area contributed by atoms with Crippen LogP contribution in [0.25, 0.3) is 6.08 Å². The number of primary amides is 1. The van der Waals surface area contributed by atoms with Crippen LogP contribution in [0.4, 0.5) is 0 Å². The zero-order chi connectivity index (χ0) is 18.7. The molecule has 0 fully saturated rings. The maximum atomic E-state index is 12.7. The predicted molar refractivity (Wildman–Crippen MR) is 97.7 cm³/mol. The molecule has 26 heavy (non-hydrogen) atoms. The molecule has 0 saturated carbocycles. The van der Waals surface area contributed by atoms with Crippen LogP contribution in [0.15, 0.2) is 48.2 Å². The number of benzene rings is 2. The monoisotopic (exact) mass is 352 g/mol. The largest absolute Gasteiger partial charge is 0.503 e. The first-order chi connectivity index (χ1) is 12.5. The molecule has 2 amide bonds. The number of hydrogen-bond acceptors (Lipinski definition) is 4. The third-order valence-corrected chi connectivity index (χ3v) is 4.42. The van der Waals surface area contributed by atoms with E-state index in [2.05, 4.69) is 0 Å². The van der Waals surface area contributed by atoms with Crippen LogP contribution in [0.3, 0.4) is 0 Å². The van der Waals surface area contributed by atoms with E-state index < -0.39 is 11.7 Å². The molecule has 0 atom stereocenters. The van der Waals surface area contributed by atoms with E-state index in [1.54, 1.807) is 36.3 Å². The Hall–Kier alpha value is -3.28. The van der Waals surface area contributed by atoms with Gasteiger partial charge in [-0.25, -0.2) is 0 Å². The van der Waals surface area contributed by atoms with Gasteiger partial charge in [0.1, 0.15) is 5.75 Å². The van der Waals surface area contributed by atoms with Crippen molar-refractivity contribution in [3.8, 4) is 5.75 Å². The third kappa shape index (κ3) is 3.69. The van der Waals surface area contributed by atoms with Gasteiger partial charge >= 0.3 is 0 Å². The molecule has 0 aromatic heterocycles. The minimum absolute atomic E-state index is 0.0424. The van der Waals surface area contributed by atoms with Crippen LogP contribution in [0.2, 0.25) is 0 Å². The number of carbonyl (C=O) groups excluding carboxylic acids is 2. The molecule has 1 aliphatic heterocycles. The Labute approximate surface area is 151 Å². The average molecular weight is 352 g/mol. The highest BCUT2D eigenvalue weighted by Gasteiger charge is 2.22. The lowest BCUT2D eigenvalue weighted by atomic mass is 9.96. The van der Waals surface area contributed by atoms with Gasteiger partial charge in [-0.05, 0) is 59.5 Å². The summed E-state index contributed by atoms with van der Waals surface area (Å²) >= 11 is 0. The van der Waals surface area contributed by atoms with Gasteiger partial charge < -0.3 is 20.5 Å². The van der Waals surface area contributed by atoms with Gasteiger partial charge in [0, 0.05) is 18.7 Å². The second-order valence-corrected chi connectivity index (χ2v) is 6.13. The van der Waals surface area contributed by atoms with Crippen LogP contribution in [0.5, 0.6) is 5.75 Å². The second kappa shape index (κ2) is 7.31. The molecule has 6 heteroatoms. The number of fused-ring (bicyclic) bond motifs is 1. The third-order valence-electron chi connectivity index (χ3n) is 4.42. The molecule has 134 valence electrons. The number of nitrogens with two attached hydrogens (primary N) is 1. The van der Waals surface area contributed by atoms with E-state index in [-0.39, 0.29) is 5.91 Å². The van der Waals surface area contributed by atoms with Gasteiger partial charge in [0.05, 0.1) is 7.11 Å². The van der Waals surface area contributed by atoms with Crippen LogP contribution >= 0.6 is 0 Å². The molecular formula is C20H20N2O4. The van der Waals surface area contributed by atoms with Crippen molar-refractivity contribution < 1.29 is 19.4 Å². The van der Waals surface area contributed by atoms with Crippen LogP contribution in [-0.4, -0.2) is 35.5 Å². The first-order valence-electron chi connectivity index (χ1n) is 8.23. The molecule has 6 nitrogen and oxygen atoms in total. The quantitative estimate of drug-likeness (QED) is 0.652. The summed E-state index contributed by atoms with van der Waals surface area (Å²) in [5.74, 6) is -0.707. The van der Waals surface area contributed by atoms with Crippen molar-refractivity contribution in [3.05, 3.63) is 70.5 Å². The Kier molecular flexibility index (Phi) is 4.93. The highest BCUT2D eigenvalue weighted by Crippen LogP contribution is 2.23. The van der Waals surface area contributed by atoms with Crippen LogP contribution < -0.4 is 10.5 Å². The number of ether oxygens (including phenoxy) is 1.